The lowest BCUT2D eigenvalue weighted by molar-refractivity contribution is -0.134. The molecule has 3 aliphatic rings. The smallest absolute Gasteiger partial charge is 0.143 e. The molecule has 0 heterocycles. The van der Waals surface area contributed by atoms with Crippen molar-refractivity contribution < 1.29 is 9.59 Å². The van der Waals surface area contributed by atoms with Crippen LogP contribution in [0.5, 0.6) is 0 Å². The maximum Gasteiger partial charge on any atom is 0.143 e. The summed E-state index contributed by atoms with van der Waals surface area (Å²) in [6.45, 7) is 4.51. The zero-order valence-corrected chi connectivity index (χ0v) is 15.1. The molecule has 3 saturated carbocycles. The van der Waals surface area contributed by atoms with Crippen LogP contribution in [-0.4, -0.2) is 11.6 Å². The van der Waals surface area contributed by atoms with Crippen molar-refractivity contribution >= 4 is 11.6 Å². The fourth-order valence-corrected chi connectivity index (χ4v) is 6.00. The third-order valence-corrected chi connectivity index (χ3v) is 6.97. The van der Waals surface area contributed by atoms with E-state index in [0.29, 0.717) is 17.8 Å². The summed E-state index contributed by atoms with van der Waals surface area (Å²) in [6.07, 6.45) is 12.2. The van der Waals surface area contributed by atoms with Crippen molar-refractivity contribution in [3.05, 3.63) is 0 Å². The van der Waals surface area contributed by atoms with Crippen LogP contribution in [-0.2, 0) is 9.59 Å². The molecule has 0 radical (unpaired) electrons. The minimum Gasteiger partial charge on any atom is -0.299 e. The molecule has 130 valence electrons. The lowest BCUT2D eigenvalue weighted by Crippen LogP contribution is -2.37. The summed E-state index contributed by atoms with van der Waals surface area (Å²) in [5.74, 6) is 3.56. The zero-order valence-electron chi connectivity index (χ0n) is 15.1. The standard InChI is InChI=1S/C21H34O2/c1-14-10-15(2)12-17(11-14)20(22)13-21(23)19-9-5-7-16-6-3-4-8-18(16)19/h14-19H,3-13H2,1-2H3. The van der Waals surface area contributed by atoms with Crippen molar-refractivity contribution in [1.82, 2.24) is 0 Å². The van der Waals surface area contributed by atoms with Gasteiger partial charge >= 0.3 is 0 Å². The van der Waals surface area contributed by atoms with Gasteiger partial charge in [0, 0.05) is 11.8 Å². The molecule has 0 aromatic heterocycles. The van der Waals surface area contributed by atoms with Gasteiger partial charge in [0.2, 0.25) is 0 Å². The van der Waals surface area contributed by atoms with E-state index in [1.54, 1.807) is 0 Å². The van der Waals surface area contributed by atoms with Crippen molar-refractivity contribution in [1.29, 1.82) is 0 Å². The number of hydrogen-bond acceptors (Lipinski definition) is 2. The number of ketones is 2. The average Bonchev–Trinajstić information content (AvgIpc) is 2.53. The molecule has 0 bridgehead atoms. The summed E-state index contributed by atoms with van der Waals surface area (Å²) < 4.78 is 0. The highest BCUT2D eigenvalue weighted by Gasteiger charge is 2.39. The second-order valence-electron chi connectivity index (χ2n) is 8.97. The minimum atomic E-state index is 0.156. The third kappa shape index (κ3) is 4.06. The Balaban J connectivity index is 1.58. The highest BCUT2D eigenvalue weighted by atomic mass is 16.1. The molecule has 0 aliphatic heterocycles. The van der Waals surface area contributed by atoms with Gasteiger partial charge in [0.1, 0.15) is 11.6 Å². The maximum absolute atomic E-state index is 12.8. The van der Waals surface area contributed by atoms with Gasteiger partial charge in [-0.25, -0.2) is 0 Å². The highest BCUT2D eigenvalue weighted by Crippen LogP contribution is 2.44. The average molecular weight is 319 g/mol. The van der Waals surface area contributed by atoms with Crippen LogP contribution < -0.4 is 0 Å². The number of fused-ring (bicyclic) bond motifs is 1. The van der Waals surface area contributed by atoms with E-state index in [4.69, 9.17) is 0 Å². The molecule has 0 N–H and O–H groups in total. The molecular weight excluding hydrogens is 284 g/mol. The lowest BCUT2D eigenvalue weighted by atomic mass is 9.63. The predicted molar refractivity (Wildman–Crippen MR) is 93.1 cm³/mol. The molecule has 5 atom stereocenters. The van der Waals surface area contributed by atoms with Gasteiger partial charge in [0.25, 0.3) is 0 Å². The largest absolute Gasteiger partial charge is 0.299 e. The number of hydrogen-bond donors (Lipinski definition) is 0. The third-order valence-electron chi connectivity index (χ3n) is 6.97. The van der Waals surface area contributed by atoms with Gasteiger partial charge in [-0.1, -0.05) is 46.0 Å². The molecular formula is C21H34O2. The maximum atomic E-state index is 12.8. The molecule has 23 heavy (non-hydrogen) atoms. The monoisotopic (exact) mass is 318 g/mol. The molecule has 0 amide bonds. The van der Waals surface area contributed by atoms with Gasteiger partial charge < -0.3 is 0 Å². The Morgan fingerprint density at radius 2 is 1.43 bits per heavy atom. The van der Waals surface area contributed by atoms with Crippen LogP contribution in [0.1, 0.15) is 84.5 Å². The molecule has 2 nitrogen and oxygen atoms in total. The summed E-state index contributed by atoms with van der Waals surface area (Å²) in [5, 5.41) is 0. The van der Waals surface area contributed by atoms with E-state index in [-0.39, 0.29) is 29.8 Å². The van der Waals surface area contributed by atoms with Crippen LogP contribution in [0.2, 0.25) is 0 Å². The van der Waals surface area contributed by atoms with Crippen LogP contribution in [0.3, 0.4) is 0 Å². The first-order valence-corrected chi connectivity index (χ1v) is 10.1. The van der Waals surface area contributed by atoms with Crippen LogP contribution in [0.25, 0.3) is 0 Å². The van der Waals surface area contributed by atoms with Gasteiger partial charge in [-0.3, -0.25) is 9.59 Å². The van der Waals surface area contributed by atoms with Gasteiger partial charge in [-0.2, -0.15) is 0 Å². The van der Waals surface area contributed by atoms with Crippen LogP contribution in [0.15, 0.2) is 0 Å². The fraction of sp³-hybridized carbons (Fsp3) is 0.905. The molecule has 0 saturated heterocycles. The van der Waals surface area contributed by atoms with E-state index in [1.165, 1.54) is 44.9 Å². The highest BCUT2D eigenvalue weighted by molar-refractivity contribution is 6.01. The van der Waals surface area contributed by atoms with E-state index >= 15 is 0 Å². The van der Waals surface area contributed by atoms with Gasteiger partial charge in [-0.15, -0.1) is 0 Å². The molecule has 2 heteroatoms. The van der Waals surface area contributed by atoms with Crippen LogP contribution in [0, 0.1) is 35.5 Å². The lowest BCUT2D eigenvalue weighted by Gasteiger charge is -2.40. The Kier molecular flexibility index (Phi) is 5.59. The molecule has 3 rings (SSSR count). The zero-order chi connectivity index (χ0) is 16.4. The van der Waals surface area contributed by atoms with Gasteiger partial charge in [0.05, 0.1) is 6.42 Å². The van der Waals surface area contributed by atoms with Crippen molar-refractivity contribution in [3.63, 3.8) is 0 Å². The van der Waals surface area contributed by atoms with E-state index in [1.807, 2.05) is 0 Å². The molecule has 0 aromatic carbocycles. The second-order valence-corrected chi connectivity index (χ2v) is 8.97. The number of Topliss-reactive ketones (excluding diaryl/α,β-unsaturated/α-hetero) is 2. The minimum absolute atomic E-state index is 0.156. The van der Waals surface area contributed by atoms with E-state index in [0.717, 1.165) is 25.2 Å². The van der Waals surface area contributed by atoms with Crippen LogP contribution in [0.4, 0.5) is 0 Å². The Morgan fingerprint density at radius 1 is 0.783 bits per heavy atom. The topological polar surface area (TPSA) is 34.1 Å². The van der Waals surface area contributed by atoms with E-state index in [9.17, 15) is 9.59 Å². The molecule has 3 aliphatic carbocycles. The molecule has 3 fully saturated rings. The van der Waals surface area contributed by atoms with Crippen molar-refractivity contribution in [2.45, 2.75) is 84.5 Å². The van der Waals surface area contributed by atoms with Crippen molar-refractivity contribution in [2.75, 3.05) is 0 Å². The first-order valence-electron chi connectivity index (χ1n) is 10.1. The molecule has 5 unspecified atom stereocenters. The number of rotatable bonds is 4. The molecule has 0 spiro atoms. The summed E-state index contributed by atoms with van der Waals surface area (Å²) in [6, 6.07) is 0. The Morgan fingerprint density at radius 3 is 2.17 bits per heavy atom. The first kappa shape index (κ1) is 17.2. The first-order chi connectivity index (χ1) is 11.0. The Bertz CT molecular complexity index is 429. The van der Waals surface area contributed by atoms with Gasteiger partial charge in [0.15, 0.2) is 0 Å². The van der Waals surface area contributed by atoms with Crippen LogP contribution >= 0.6 is 0 Å². The summed E-state index contributed by atoms with van der Waals surface area (Å²) in [7, 11) is 0. The Hall–Kier alpha value is -0.660. The molecule has 0 aromatic rings. The SMILES string of the molecule is CC1CC(C)CC(C(=O)CC(=O)C2CCCC3CCCCC32)C1. The fourth-order valence-electron chi connectivity index (χ4n) is 6.00. The van der Waals surface area contributed by atoms with Crippen molar-refractivity contribution in [3.8, 4) is 0 Å². The number of carbonyl (C=O) groups excluding carboxylic acids is 2. The van der Waals surface area contributed by atoms with E-state index in [2.05, 4.69) is 13.8 Å². The summed E-state index contributed by atoms with van der Waals surface area (Å²) >= 11 is 0. The summed E-state index contributed by atoms with van der Waals surface area (Å²) in [4.78, 5) is 25.5. The summed E-state index contributed by atoms with van der Waals surface area (Å²) in [5.41, 5.74) is 0. The van der Waals surface area contributed by atoms with E-state index < -0.39 is 0 Å². The quantitative estimate of drug-likeness (QED) is 0.668. The normalized spacial score (nSPS) is 41.1. The van der Waals surface area contributed by atoms with Gasteiger partial charge in [-0.05, 0) is 55.8 Å². The van der Waals surface area contributed by atoms with Crippen molar-refractivity contribution in [2.24, 2.45) is 35.5 Å². The number of carbonyl (C=O) groups is 2. The second kappa shape index (κ2) is 7.49. The predicted octanol–water partition coefficient (Wildman–Crippen LogP) is 5.19. The Labute approximate surface area is 141 Å².